The Balaban J connectivity index is 1.53. The van der Waals surface area contributed by atoms with Gasteiger partial charge < -0.3 is 19.7 Å². The number of carbonyl (C=O) groups is 2. The van der Waals surface area contributed by atoms with Gasteiger partial charge in [0.1, 0.15) is 17.2 Å². The van der Waals surface area contributed by atoms with Crippen LogP contribution in [0.5, 0.6) is 11.5 Å². The van der Waals surface area contributed by atoms with E-state index >= 15 is 0 Å². The summed E-state index contributed by atoms with van der Waals surface area (Å²) in [6.07, 6.45) is 1.89. The Labute approximate surface area is 151 Å². The third kappa shape index (κ3) is 2.98. The van der Waals surface area contributed by atoms with Crippen LogP contribution in [-0.4, -0.2) is 31.1 Å². The summed E-state index contributed by atoms with van der Waals surface area (Å²) in [5, 5.41) is 2.74. The molecule has 0 aromatic heterocycles. The Hall–Kier alpha value is -3.02. The number of amides is 2. The van der Waals surface area contributed by atoms with Crippen molar-refractivity contribution >= 4 is 23.2 Å². The lowest BCUT2D eigenvalue weighted by molar-refractivity contribution is -0.121. The first kappa shape index (κ1) is 16.4. The van der Waals surface area contributed by atoms with Gasteiger partial charge in [0.15, 0.2) is 13.2 Å². The average molecular weight is 352 g/mol. The van der Waals surface area contributed by atoms with Crippen molar-refractivity contribution in [2.75, 3.05) is 23.4 Å². The largest absolute Gasteiger partial charge is 0.481 e. The second-order valence-electron chi connectivity index (χ2n) is 6.53. The first-order valence-corrected chi connectivity index (χ1v) is 8.72. The van der Waals surface area contributed by atoms with Gasteiger partial charge in [0, 0.05) is 11.7 Å². The molecule has 1 atom stereocenters. The number of aryl methyl sites for hydroxylation is 1. The number of carbonyl (C=O) groups excluding carboxylic acids is 2. The van der Waals surface area contributed by atoms with Crippen molar-refractivity contribution in [1.29, 1.82) is 0 Å². The fourth-order valence-corrected chi connectivity index (χ4v) is 3.47. The summed E-state index contributed by atoms with van der Waals surface area (Å²) in [6, 6.07) is 13.3. The lowest BCUT2D eigenvalue weighted by Gasteiger charge is -2.35. The topological polar surface area (TPSA) is 67.9 Å². The van der Waals surface area contributed by atoms with Crippen LogP contribution < -0.4 is 19.7 Å². The monoisotopic (exact) mass is 352 g/mol. The first-order chi connectivity index (χ1) is 12.6. The number of para-hydroxylation sites is 2. The van der Waals surface area contributed by atoms with Gasteiger partial charge in [0.25, 0.3) is 11.8 Å². The summed E-state index contributed by atoms with van der Waals surface area (Å²) in [5.41, 5.74) is 2.60. The Morgan fingerprint density at radius 1 is 1.27 bits per heavy atom. The summed E-state index contributed by atoms with van der Waals surface area (Å²) >= 11 is 0. The Morgan fingerprint density at radius 3 is 3.00 bits per heavy atom. The van der Waals surface area contributed by atoms with Gasteiger partial charge in [-0.1, -0.05) is 24.3 Å². The van der Waals surface area contributed by atoms with Gasteiger partial charge in [0.2, 0.25) is 0 Å². The normalized spacial score (nSPS) is 18.3. The van der Waals surface area contributed by atoms with E-state index in [-0.39, 0.29) is 31.1 Å². The number of hydrogen-bond donors (Lipinski definition) is 1. The number of anilines is 2. The molecule has 2 aliphatic heterocycles. The molecule has 0 radical (unpaired) electrons. The van der Waals surface area contributed by atoms with E-state index < -0.39 is 0 Å². The van der Waals surface area contributed by atoms with Crippen LogP contribution in [0.1, 0.15) is 18.9 Å². The van der Waals surface area contributed by atoms with Gasteiger partial charge in [-0.15, -0.1) is 0 Å². The van der Waals surface area contributed by atoms with E-state index in [4.69, 9.17) is 9.47 Å². The molecule has 0 saturated carbocycles. The molecule has 2 aliphatic rings. The molecule has 0 fully saturated rings. The predicted molar refractivity (Wildman–Crippen MR) is 97.8 cm³/mol. The third-order valence-electron chi connectivity index (χ3n) is 4.75. The quantitative estimate of drug-likeness (QED) is 0.922. The number of nitrogens with zero attached hydrogens (tertiary/aromatic N) is 1. The number of nitrogens with one attached hydrogen (secondary N) is 1. The van der Waals surface area contributed by atoms with Gasteiger partial charge in [-0.05, 0) is 43.5 Å². The number of benzene rings is 2. The van der Waals surface area contributed by atoms with E-state index in [1.54, 1.807) is 18.2 Å². The molecule has 2 aromatic rings. The van der Waals surface area contributed by atoms with Crippen LogP contribution in [0.4, 0.5) is 11.4 Å². The van der Waals surface area contributed by atoms with Crippen molar-refractivity contribution in [3.63, 3.8) is 0 Å². The van der Waals surface area contributed by atoms with Crippen molar-refractivity contribution in [3.05, 3.63) is 48.0 Å². The molecule has 2 amide bonds. The zero-order valence-corrected chi connectivity index (χ0v) is 14.5. The maximum atomic E-state index is 12.9. The first-order valence-electron chi connectivity index (χ1n) is 8.72. The van der Waals surface area contributed by atoms with Crippen LogP contribution in [0, 0.1) is 0 Å². The van der Waals surface area contributed by atoms with Gasteiger partial charge in [0.05, 0.1) is 0 Å². The van der Waals surface area contributed by atoms with Gasteiger partial charge in [-0.3, -0.25) is 9.59 Å². The van der Waals surface area contributed by atoms with E-state index in [1.807, 2.05) is 30.0 Å². The molecule has 134 valence electrons. The minimum absolute atomic E-state index is 0.0164. The maximum Gasteiger partial charge on any atom is 0.265 e. The molecule has 0 aliphatic carbocycles. The standard InChI is InChI=1S/C20H20N2O4/c1-13-9-10-14-5-2-3-6-15(14)22(13)19(24)12-26-17-8-4-7-16-20(17)21-18(23)11-25-16/h2-8,13H,9-12H2,1H3,(H,21,23). The average Bonchev–Trinajstić information content (AvgIpc) is 2.66. The molecular weight excluding hydrogens is 332 g/mol. The number of fused-ring (bicyclic) bond motifs is 2. The molecular formula is C20H20N2O4. The molecule has 0 bridgehead atoms. The van der Waals surface area contributed by atoms with Gasteiger partial charge in [-0.25, -0.2) is 0 Å². The smallest absolute Gasteiger partial charge is 0.265 e. The lowest BCUT2D eigenvalue weighted by Crippen LogP contribution is -2.44. The number of rotatable bonds is 3. The van der Waals surface area contributed by atoms with Gasteiger partial charge >= 0.3 is 0 Å². The molecule has 26 heavy (non-hydrogen) atoms. The van der Waals surface area contributed by atoms with Crippen LogP contribution in [0.3, 0.4) is 0 Å². The summed E-state index contributed by atoms with van der Waals surface area (Å²) in [5.74, 6) is 0.636. The van der Waals surface area contributed by atoms with Crippen molar-refractivity contribution in [1.82, 2.24) is 0 Å². The van der Waals surface area contributed by atoms with Crippen LogP contribution in [0.25, 0.3) is 0 Å². The summed E-state index contributed by atoms with van der Waals surface area (Å²) < 4.78 is 11.1. The lowest BCUT2D eigenvalue weighted by atomic mass is 9.96. The highest BCUT2D eigenvalue weighted by molar-refractivity contribution is 5.98. The van der Waals surface area contributed by atoms with Crippen LogP contribution in [0.15, 0.2) is 42.5 Å². The molecule has 0 spiro atoms. The van der Waals surface area contributed by atoms with Gasteiger partial charge in [-0.2, -0.15) is 0 Å². The third-order valence-corrected chi connectivity index (χ3v) is 4.75. The van der Waals surface area contributed by atoms with E-state index in [1.165, 1.54) is 5.56 Å². The molecule has 2 heterocycles. The minimum Gasteiger partial charge on any atom is -0.481 e. The molecule has 2 aromatic carbocycles. The van der Waals surface area contributed by atoms with E-state index in [2.05, 4.69) is 11.4 Å². The number of hydrogen-bond acceptors (Lipinski definition) is 4. The predicted octanol–water partition coefficient (Wildman–Crippen LogP) is 2.76. The van der Waals surface area contributed by atoms with E-state index in [9.17, 15) is 9.59 Å². The zero-order valence-electron chi connectivity index (χ0n) is 14.5. The number of ether oxygens (including phenoxy) is 2. The molecule has 6 heteroatoms. The Kier molecular flexibility index (Phi) is 4.24. The zero-order chi connectivity index (χ0) is 18.1. The maximum absolute atomic E-state index is 12.9. The fraction of sp³-hybridized carbons (Fsp3) is 0.300. The van der Waals surface area contributed by atoms with Crippen molar-refractivity contribution in [2.45, 2.75) is 25.8 Å². The second kappa shape index (κ2) is 6.71. The van der Waals surface area contributed by atoms with Crippen LogP contribution in [-0.2, 0) is 16.0 Å². The molecule has 0 saturated heterocycles. The summed E-state index contributed by atoms with van der Waals surface area (Å²) in [6.45, 7) is 1.93. The Morgan fingerprint density at radius 2 is 2.12 bits per heavy atom. The highest BCUT2D eigenvalue weighted by atomic mass is 16.5. The van der Waals surface area contributed by atoms with Crippen LogP contribution >= 0.6 is 0 Å². The summed E-state index contributed by atoms with van der Waals surface area (Å²) in [4.78, 5) is 26.2. The fourth-order valence-electron chi connectivity index (χ4n) is 3.47. The Bertz CT molecular complexity index is 865. The highest BCUT2D eigenvalue weighted by Gasteiger charge is 2.28. The van der Waals surface area contributed by atoms with E-state index in [0.29, 0.717) is 17.2 Å². The minimum atomic E-state index is -0.238. The molecule has 6 nitrogen and oxygen atoms in total. The molecule has 1 N–H and O–H groups in total. The van der Waals surface area contributed by atoms with E-state index in [0.717, 1.165) is 18.5 Å². The highest BCUT2D eigenvalue weighted by Crippen LogP contribution is 2.37. The molecule has 1 unspecified atom stereocenters. The second-order valence-corrected chi connectivity index (χ2v) is 6.53. The van der Waals surface area contributed by atoms with Crippen LogP contribution in [0.2, 0.25) is 0 Å². The SMILES string of the molecule is CC1CCc2ccccc2N1C(=O)COc1cccc2c1NC(=O)CO2. The summed E-state index contributed by atoms with van der Waals surface area (Å²) in [7, 11) is 0. The van der Waals surface area contributed by atoms with Crippen molar-refractivity contribution < 1.29 is 19.1 Å². The molecule has 4 rings (SSSR count). The van der Waals surface area contributed by atoms with Crippen molar-refractivity contribution in [2.24, 2.45) is 0 Å². The van der Waals surface area contributed by atoms with Crippen molar-refractivity contribution in [3.8, 4) is 11.5 Å².